The molecule has 2 atom stereocenters. The van der Waals surface area contributed by atoms with Crippen molar-refractivity contribution in [3.05, 3.63) is 53.2 Å². The van der Waals surface area contributed by atoms with Gasteiger partial charge < -0.3 is 14.7 Å². The highest BCUT2D eigenvalue weighted by atomic mass is 19.1. The van der Waals surface area contributed by atoms with Crippen LogP contribution in [0.3, 0.4) is 0 Å². The maximum Gasteiger partial charge on any atom is 0.313 e. The van der Waals surface area contributed by atoms with Crippen molar-refractivity contribution in [2.75, 3.05) is 13.1 Å². The second-order valence-electron chi connectivity index (χ2n) is 7.66. The number of benzene rings is 1. The Morgan fingerprint density at radius 2 is 2.22 bits per heavy atom. The summed E-state index contributed by atoms with van der Waals surface area (Å²) in [5.41, 5.74) is 0.0128. The quantitative estimate of drug-likeness (QED) is 0.806. The first-order valence-electron chi connectivity index (χ1n) is 9.14. The van der Waals surface area contributed by atoms with Crippen LogP contribution in [0.4, 0.5) is 4.39 Å². The van der Waals surface area contributed by atoms with E-state index < -0.39 is 23.3 Å². The van der Waals surface area contributed by atoms with Crippen molar-refractivity contribution in [3.63, 3.8) is 0 Å². The molecule has 0 bridgehead atoms. The molecule has 0 amide bonds. The van der Waals surface area contributed by atoms with Gasteiger partial charge in [0.1, 0.15) is 11.2 Å². The molecule has 1 aliphatic rings. The Labute approximate surface area is 157 Å². The largest absolute Gasteiger partial charge is 0.481 e. The minimum atomic E-state index is -1.40. The SMILES string of the molecule is CC(C)c1cc(CN2CC[C@@H](O)[C@](Cc3cccc(F)c3)(C(=O)O)C2)on1. The van der Waals surface area contributed by atoms with Crippen LogP contribution in [-0.2, 0) is 17.8 Å². The molecule has 0 unspecified atom stereocenters. The first-order chi connectivity index (χ1) is 12.8. The highest BCUT2D eigenvalue weighted by Gasteiger charge is 2.49. The maximum absolute atomic E-state index is 13.5. The third-order valence-corrected chi connectivity index (χ3v) is 5.25. The van der Waals surface area contributed by atoms with Gasteiger partial charge in [0.25, 0.3) is 0 Å². The number of carboxylic acid groups (broad SMARTS) is 1. The lowest BCUT2D eigenvalue weighted by molar-refractivity contribution is -0.163. The van der Waals surface area contributed by atoms with E-state index in [2.05, 4.69) is 5.16 Å². The highest BCUT2D eigenvalue weighted by Crippen LogP contribution is 2.35. The van der Waals surface area contributed by atoms with E-state index in [1.807, 2.05) is 24.8 Å². The number of nitrogens with zero attached hydrogens (tertiary/aromatic N) is 2. The molecule has 1 fully saturated rings. The fourth-order valence-corrected chi connectivity index (χ4v) is 3.67. The Kier molecular flexibility index (Phi) is 5.62. The number of aliphatic carboxylic acids is 1. The Balaban J connectivity index is 1.80. The molecule has 7 heteroatoms. The number of aliphatic hydroxyl groups excluding tert-OH is 1. The predicted molar refractivity (Wildman–Crippen MR) is 96.7 cm³/mol. The summed E-state index contributed by atoms with van der Waals surface area (Å²) in [6.07, 6.45) is -0.617. The standard InChI is InChI=1S/C20H25FN2O4/c1-13(2)17-9-16(27-22-17)11-23-7-6-18(24)20(12-23,19(25)26)10-14-4-3-5-15(21)8-14/h3-5,8-9,13,18,24H,6-7,10-12H2,1-2H3,(H,25,26)/t18-,20-/m1/s1. The zero-order valence-corrected chi connectivity index (χ0v) is 15.6. The topological polar surface area (TPSA) is 86.8 Å². The van der Waals surface area contributed by atoms with Gasteiger partial charge in [-0.3, -0.25) is 9.69 Å². The summed E-state index contributed by atoms with van der Waals surface area (Å²) in [5, 5.41) is 24.5. The Bertz CT molecular complexity index is 807. The third kappa shape index (κ3) is 4.20. The lowest BCUT2D eigenvalue weighted by Crippen LogP contribution is -2.56. The van der Waals surface area contributed by atoms with Gasteiger partial charge in [0.2, 0.25) is 0 Å². The van der Waals surface area contributed by atoms with E-state index in [0.29, 0.717) is 30.8 Å². The Morgan fingerprint density at radius 1 is 1.44 bits per heavy atom. The van der Waals surface area contributed by atoms with Crippen molar-refractivity contribution in [1.82, 2.24) is 10.1 Å². The van der Waals surface area contributed by atoms with Gasteiger partial charge in [0.15, 0.2) is 5.76 Å². The average Bonchev–Trinajstić information content (AvgIpc) is 3.06. The Hall–Kier alpha value is -2.25. The molecule has 146 valence electrons. The molecule has 3 rings (SSSR count). The van der Waals surface area contributed by atoms with Gasteiger partial charge in [-0.05, 0) is 36.5 Å². The van der Waals surface area contributed by atoms with Crippen LogP contribution in [0.5, 0.6) is 0 Å². The summed E-state index contributed by atoms with van der Waals surface area (Å²) in [7, 11) is 0. The molecule has 1 saturated heterocycles. The second kappa shape index (κ2) is 7.78. The van der Waals surface area contributed by atoms with Crippen molar-refractivity contribution >= 4 is 5.97 Å². The molecule has 1 aliphatic heterocycles. The van der Waals surface area contributed by atoms with Gasteiger partial charge >= 0.3 is 5.97 Å². The zero-order valence-electron chi connectivity index (χ0n) is 15.6. The zero-order chi connectivity index (χ0) is 19.6. The van der Waals surface area contributed by atoms with E-state index in [1.165, 1.54) is 12.1 Å². The fraction of sp³-hybridized carbons (Fsp3) is 0.500. The third-order valence-electron chi connectivity index (χ3n) is 5.25. The molecule has 0 radical (unpaired) electrons. The second-order valence-corrected chi connectivity index (χ2v) is 7.66. The number of aliphatic hydroxyl groups is 1. The number of likely N-dealkylation sites (tertiary alicyclic amines) is 1. The monoisotopic (exact) mass is 376 g/mol. The molecule has 0 aliphatic carbocycles. The van der Waals surface area contributed by atoms with Crippen molar-refractivity contribution in [2.24, 2.45) is 5.41 Å². The number of aromatic nitrogens is 1. The summed E-state index contributed by atoms with van der Waals surface area (Å²) >= 11 is 0. The van der Waals surface area contributed by atoms with E-state index >= 15 is 0 Å². The molecule has 2 aromatic rings. The molecular weight excluding hydrogens is 351 g/mol. The summed E-state index contributed by atoms with van der Waals surface area (Å²) in [6.45, 7) is 5.17. The van der Waals surface area contributed by atoms with Crippen molar-refractivity contribution in [3.8, 4) is 0 Å². The smallest absolute Gasteiger partial charge is 0.313 e. The predicted octanol–water partition coefficient (Wildman–Crippen LogP) is 2.82. The van der Waals surface area contributed by atoms with E-state index in [9.17, 15) is 19.4 Å². The van der Waals surface area contributed by atoms with E-state index in [4.69, 9.17) is 4.52 Å². The van der Waals surface area contributed by atoms with E-state index in [0.717, 1.165) is 5.69 Å². The fourth-order valence-electron chi connectivity index (χ4n) is 3.67. The maximum atomic E-state index is 13.5. The van der Waals surface area contributed by atoms with Crippen LogP contribution in [0.25, 0.3) is 0 Å². The molecule has 27 heavy (non-hydrogen) atoms. The lowest BCUT2D eigenvalue weighted by Gasteiger charge is -2.43. The average molecular weight is 376 g/mol. The molecule has 2 N–H and O–H groups in total. The number of rotatable bonds is 6. The first kappa shape index (κ1) is 19.5. The number of carbonyl (C=O) groups is 1. The van der Waals surface area contributed by atoms with Crippen molar-refractivity contribution in [1.29, 1.82) is 0 Å². The van der Waals surface area contributed by atoms with Crippen LogP contribution in [0.15, 0.2) is 34.9 Å². The van der Waals surface area contributed by atoms with Gasteiger partial charge in [0, 0.05) is 19.2 Å². The van der Waals surface area contributed by atoms with Gasteiger partial charge in [-0.25, -0.2) is 4.39 Å². The van der Waals surface area contributed by atoms with Gasteiger partial charge in [0.05, 0.1) is 18.3 Å². The van der Waals surface area contributed by atoms with Crippen LogP contribution in [0, 0.1) is 11.2 Å². The number of hydrogen-bond donors (Lipinski definition) is 2. The van der Waals surface area contributed by atoms with Crippen molar-refractivity contribution < 1.29 is 23.9 Å². The minimum absolute atomic E-state index is 0.0609. The lowest BCUT2D eigenvalue weighted by atomic mass is 9.73. The van der Waals surface area contributed by atoms with Gasteiger partial charge in [-0.2, -0.15) is 0 Å². The summed E-state index contributed by atoms with van der Waals surface area (Å²) < 4.78 is 18.9. The normalized spacial score (nSPS) is 23.7. The van der Waals surface area contributed by atoms with Crippen LogP contribution < -0.4 is 0 Å². The summed E-state index contributed by atoms with van der Waals surface area (Å²) in [4.78, 5) is 14.1. The number of carboxylic acids is 1. The molecular formula is C20H25FN2O4. The molecule has 0 spiro atoms. The number of piperidine rings is 1. The van der Waals surface area contributed by atoms with Crippen LogP contribution in [0.1, 0.15) is 43.2 Å². The molecule has 0 saturated carbocycles. The number of hydrogen-bond acceptors (Lipinski definition) is 5. The first-order valence-corrected chi connectivity index (χ1v) is 9.14. The van der Waals surface area contributed by atoms with Crippen molar-refractivity contribution in [2.45, 2.75) is 45.3 Å². The number of halogens is 1. The summed E-state index contributed by atoms with van der Waals surface area (Å²) in [6, 6.07) is 7.75. The molecule has 6 nitrogen and oxygen atoms in total. The van der Waals surface area contributed by atoms with Gasteiger partial charge in [-0.15, -0.1) is 0 Å². The molecule has 1 aromatic heterocycles. The van der Waals surface area contributed by atoms with Crippen LogP contribution in [0.2, 0.25) is 0 Å². The van der Waals surface area contributed by atoms with Crippen LogP contribution >= 0.6 is 0 Å². The van der Waals surface area contributed by atoms with E-state index in [1.54, 1.807) is 12.1 Å². The molecule has 1 aromatic carbocycles. The van der Waals surface area contributed by atoms with Crippen LogP contribution in [-0.4, -0.2) is 45.4 Å². The Morgan fingerprint density at radius 3 is 2.85 bits per heavy atom. The highest BCUT2D eigenvalue weighted by molar-refractivity contribution is 5.76. The molecule has 2 heterocycles. The van der Waals surface area contributed by atoms with E-state index in [-0.39, 0.29) is 18.9 Å². The summed E-state index contributed by atoms with van der Waals surface area (Å²) in [5.74, 6) is -0.584. The minimum Gasteiger partial charge on any atom is -0.481 e. The van der Waals surface area contributed by atoms with Gasteiger partial charge in [-0.1, -0.05) is 31.1 Å².